The highest BCUT2D eigenvalue weighted by molar-refractivity contribution is 7.91. The molecule has 4 saturated carbocycles. The Morgan fingerprint density at radius 2 is 1.64 bits per heavy atom. The second-order valence-electron chi connectivity index (χ2n) is 13.2. The molecule has 0 unspecified atom stereocenters. The van der Waals surface area contributed by atoms with Crippen molar-refractivity contribution in [3.63, 3.8) is 0 Å². The van der Waals surface area contributed by atoms with Crippen molar-refractivity contribution in [3.05, 3.63) is 64.2 Å². The number of nitrogens with one attached hydrogen (secondary N) is 1. The standard InChI is InChI=1S/C33H37F3N4O6S/c1-45-26-7-5-20(13-27(26)46-2)18-40-19-24(6-8-30(40)42)25-14-28(33(34,35)36)38-31(37-25)47(43,44)9-3-4-29(41)39-32-15-21-10-22(16-32)12-23(11-21)17-32/h5-8,13-14,19,21-23H,3-4,9-12,15-18H2,1-2H3,(H,39,41). The van der Waals surface area contributed by atoms with Gasteiger partial charge in [-0.2, -0.15) is 13.2 Å². The van der Waals surface area contributed by atoms with E-state index in [1.807, 2.05) is 0 Å². The zero-order chi connectivity index (χ0) is 33.6. The lowest BCUT2D eigenvalue weighted by Crippen LogP contribution is -2.59. The highest BCUT2D eigenvalue weighted by Gasteiger charge is 2.51. The molecule has 7 rings (SSSR count). The number of hydrogen-bond acceptors (Lipinski definition) is 8. The minimum atomic E-state index is -4.96. The number of sulfone groups is 1. The van der Waals surface area contributed by atoms with Gasteiger partial charge in [0, 0.05) is 29.8 Å². The lowest BCUT2D eigenvalue weighted by atomic mass is 9.53. The van der Waals surface area contributed by atoms with Gasteiger partial charge < -0.3 is 19.4 Å². The first-order valence-corrected chi connectivity index (χ1v) is 17.3. The number of carbonyl (C=O) groups excluding carboxylic acids is 1. The Balaban J connectivity index is 1.19. The van der Waals surface area contributed by atoms with Crippen LogP contribution < -0.4 is 20.3 Å². The molecular formula is C33H37F3N4O6S. The summed E-state index contributed by atoms with van der Waals surface area (Å²) >= 11 is 0. The van der Waals surface area contributed by atoms with E-state index in [1.165, 1.54) is 56.4 Å². The number of rotatable bonds is 11. The number of halogens is 3. The van der Waals surface area contributed by atoms with Crippen molar-refractivity contribution < 1.29 is 35.9 Å². The van der Waals surface area contributed by atoms with Gasteiger partial charge in [0.2, 0.25) is 20.9 Å². The fourth-order valence-electron chi connectivity index (χ4n) is 7.98. The minimum absolute atomic E-state index is 0.0424. The summed E-state index contributed by atoms with van der Waals surface area (Å²) in [6.07, 6.45) is 2.67. The van der Waals surface area contributed by atoms with Gasteiger partial charge in [0.05, 0.1) is 32.2 Å². The Bertz CT molecular complexity index is 1810. The first-order chi connectivity index (χ1) is 22.3. The highest BCUT2D eigenvalue weighted by Crippen LogP contribution is 2.55. The molecule has 47 heavy (non-hydrogen) atoms. The van der Waals surface area contributed by atoms with E-state index in [1.54, 1.807) is 18.2 Å². The van der Waals surface area contributed by atoms with Crippen LogP contribution in [0.4, 0.5) is 13.2 Å². The van der Waals surface area contributed by atoms with Crippen LogP contribution in [-0.4, -0.2) is 54.4 Å². The van der Waals surface area contributed by atoms with Crippen LogP contribution in [0, 0.1) is 17.8 Å². The molecule has 4 aliphatic carbocycles. The Hall–Kier alpha value is -3.94. The molecule has 1 amide bonds. The van der Waals surface area contributed by atoms with E-state index in [-0.39, 0.29) is 42.1 Å². The summed E-state index contributed by atoms with van der Waals surface area (Å²) < 4.78 is 80.1. The lowest BCUT2D eigenvalue weighted by molar-refractivity contribution is -0.141. The fourth-order valence-corrected chi connectivity index (χ4v) is 9.16. The molecule has 252 valence electrons. The first-order valence-electron chi connectivity index (χ1n) is 15.7. The zero-order valence-electron chi connectivity index (χ0n) is 26.2. The second-order valence-corrected chi connectivity index (χ2v) is 15.2. The molecule has 0 aliphatic heterocycles. The number of hydrogen-bond donors (Lipinski definition) is 1. The van der Waals surface area contributed by atoms with Gasteiger partial charge in [0.15, 0.2) is 11.5 Å². The van der Waals surface area contributed by atoms with E-state index in [0.29, 0.717) is 40.9 Å². The lowest BCUT2D eigenvalue weighted by Gasteiger charge is -2.56. The third-order valence-electron chi connectivity index (χ3n) is 9.61. The maximum absolute atomic E-state index is 13.9. The van der Waals surface area contributed by atoms with Crippen LogP contribution in [0.15, 0.2) is 52.5 Å². The molecule has 0 atom stereocenters. The normalized spacial score (nSPS) is 23.5. The Kier molecular flexibility index (Phi) is 8.83. The monoisotopic (exact) mass is 674 g/mol. The van der Waals surface area contributed by atoms with Gasteiger partial charge in [-0.15, -0.1) is 0 Å². The van der Waals surface area contributed by atoms with Crippen molar-refractivity contribution in [3.8, 4) is 22.8 Å². The molecule has 0 saturated heterocycles. The number of pyridine rings is 1. The summed E-state index contributed by atoms with van der Waals surface area (Å²) in [6.45, 7) is 0.0424. The van der Waals surface area contributed by atoms with Crippen molar-refractivity contribution in [1.29, 1.82) is 0 Å². The molecule has 0 spiro atoms. The van der Waals surface area contributed by atoms with Crippen molar-refractivity contribution in [2.24, 2.45) is 17.8 Å². The molecule has 2 heterocycles. The summed E-state index contributed by atoms with van der Waals surface area (Å²) in [5.74, 6) is 1.94. The average molecular weight is 675 g/mol. The minimum Gasteiger partial charge on any atom is -0.493 e. The van der Waals surface area contributed by atoms with E-state index < -0.39 is 38.2 Å². The van der Waals surface area contributed by atoms with Crippen LogP contribution >= 0.6 is 0 Å². The Morgan fingerprint density at radius 1 is 0.979 bits per heavy atom. The number of carbonyl (C=O) groups is 1. The van der Waals surface area contributed by atoms with E-state index in [4.69, 9.17) is 9.47 Å². The number of methoxy groups -OCH3 is 2. The summed E-state index contributed by atoms with van der Waals surface area (Å²) in [6, 6.07) is 8.13. The number of ether oxygens (including phenoxy) is 2. The van der Waals surface area contributed by atoms with Gasteiger partial charge in [-0.1, -0.05) is 6.07 Å². The molecule has 10 nitrogen and oxygen atoms in total. The average Bonchev–Trinajstić information content (AvgIpc) is 3.00. The number of amides is 1. The van der Waals surface area contributed by atoms with Crippen LogP contribution in [0.1, 0.15) is 62.6 Å². The summed E-state index contributed by atoms with van der Waals surface area (Å²) in [5.41, 5.74) is -1.67. The van der Waals surface area contributed by atoms with Crippen LogP contribution in [0.5, 0.6) is 11.5 Å². The third-order valence-corrected chi connectivity index (χ3v) is 11.2. The number of alkyl halides is 3. The summed E-state index contributed by atoms with van der Waals surface area (Å²) in [4.78, 5) is 33.0. The van der Waals surface area contributed by atoms with E-state index in [9.17, 15) is 31.2 Å². The van der Waals surface area contributed by atoms with Crippen LogP contribution in [0.2, 0.25) is 0 Å². The summed E-state index contributed by atoms with van der Waals surface area (Å²) in [7, 11) is -1.45. The zero-order valence-corrected chi connectivity index (χ0v) is 27.0. The Morgan fingerprint density at radius 3 is 2.26 bits per heavy atom. The van der Waals surface area contributed by atoms with Crippen molar-refractivity contribution >= 4 is 15.7 Å². The van der Waals surface area contributed by atoms with Gasteiger partial charge >= 0.3 is 6.18 Å². The molecule has 4 aliphatic rings. The largest absolute Gasteiger partial charge is 0.493 e. The molecule has 4 bridgehead atoms. The quantitative estimate of drug-likeness (QED) is 0.281. The highest BCUT2D eigenvalue weighted by atomic mass is 32.2. The van der Waals surface area contributed by atoms with Crippen LogP contribution in [-0.2, 0) is 27.4 Å². The van der Waals surface area contributed by atoms with Crippen LogP contribution in [0.25, 0.3) is 11.3 Å². The molecule has 4 fully saturated rings. The summed E-state index contributed by atoms with van der Waals surface area (Å²) in [5, 5.41) is 2.21. The smallest absolute Gasteiger partial charge is 0.433 e. The van der Waals surface area contributed by atoms with Gasteiger partial charge in [-0.05, 0) is 92.5 Å². The van der Waals surface area contributed by atoms with Crippen LogP contribution in [0.3, 0.4) is 0 Å². The maximum Gasteiger partial charge on any atom is 0.433 e. The molecular weight excluding hydrogens is 637 g/mol. The number of benzene rings is 1. The molecule has 14 heteroatoms. The number of nitrogens with zero attached hydrogens (tertiary/aromatic N) is 3. The Labute approximate surface area is 270 Å². The van der Waals surface area contributed by atoms with Gasteiger partial charge in [-0.3, -0.25) is 9.59 Å². The predicted molar refractivity (Wildman–Crippen MR) is 166 cm³/mol. The van der Waals surface area contributed by atoms with E-state index in [0.717, 1.165) is 19.3 Å². The molecule has 1 aromatic carbocycles. The first kappa shape index (κ1) is 33.0. The van der Waals surface area contributed by atoms with E-state index in [2.05, 4.69) is 15.3 Å². The fraction of sp³-hybridized carbons (Fsp3) is 0.515. The van der Waals surface area contributed by atoms with Crippen molar-refractivity contribution in [2.45, 2.75) is 74.8 Å². The predicted octanol–water partition coefficient (Wildman–Crippen LogP) is 5.03. The number of aromatic nitrogens is 3. The second kappa shape index (κ2) is 12.6. The SMILES string of the molecule is COc1ccc(Cn2cc(-c3cc(C(F)(F)F)nc(S(=O)(=O)CCCC(=O)NC45CC6CC(CC(C6)C4)C5)n3)ccc2=O)cc1OC. The molecule has 2 aromatic heterocycles. The molecule has 1 N–H and O–H groups in total. The third kappa shape index (κ3) is 7.16. The maximum atomic E-state index is 13.9. The topological polar surface area (TPSA) is 129 Å². The van der Waals surface area contributed by atoms with Crippen molar-refractivity contribution in [2.75, 3.05) is 20.0 Å². The molecule has 0 radical (unpaired) electrons. The van der Waals surface area contributed by atoms with Gasteiger partial charge in [0.1, 0.15) is 5.69 Å². The van der Waals surface area contributed by atoms with Crippen molar-refractivity contribution in [1.82, 2.24) is 19.9 Å². The molecule has 3 aromatic rings. The van der Waals surface area contributed by atoms with Gasteiger partial charge in [-0.25, -0.2) is 18.4 Å². The van der Waals surface area contributed by atoms with Gasteiger partial charge in [0.25, 0.3) is 5.56 Å². The van der Waals surface area contributed by atoms with E-state index >= 15 is 0 Å².